The minimum atomic E-state index is -0.478. The first-order valence-electron chi connectivity index (χ1n) is 8.83. The van der Waals surface area contributed by atoms with Gasteiger partial charge in [0.25, 0.3) is 0 Å². The zero-order chi connectivity index (χ0) is 20.6. The van der Waals surface area contributed by atoms with Crippen molar-refractivity contribution < 1.29 is 14.0 Å². The van der Waals surface area contributed by atoms with Crippen molar-refractivity contribution in [2.75, 3.05) is 16.0 Å². The van der Waals surface area contributed by atoms with E-state index in [4.69, 9.17) is 0 Å². The summed E-state index contributed by atoms with van der Waals surface area (Å²) < 4.78 is 12.9. The van der Waals surface area contributed by atoms with Crippen LogP contribution in [0.15, 0.2) is 73.1 Å². The molecule has 0 fully saturated rings. The molecule has 3 rings (SSSR count). The quantitative estimate of drug-likeness (QED) is 0.546. The molecular weight excluding hydrogens is 371 g/mol. The van der Waals surface area contributed by atoms with Gasteiger partial charge in [-0.3, -0.25) is 9.78 Å². The minimum absolute atomic E-state index is 0.301. The second-order valence-electron chi connectivity index (χ2n) is 6.22. The number of hydrogen-bond donors (Lipinski definition) is 3. The smallest absolute Gasteiger partial charge is 0.322 e. The molecule has 0 saturated heterocycles. The molecule has 3 aromatic rings. The fraction of sp³-hybridized carbons (Fsp3) is 0.0455. The van der Waals surface area contributed by atoms with Crippen molar-refractivity contribution in [1.82, 2.24) is 4.98 Å². The predicted octanol–water partition coefficient (Wildman–Crippen LogP) is 4.83. The molecule has 3 N–H and O–H groups in total. The van der Waals surface area contributed by atoms with Gasteiger partial charge >= 0.3 is 6.03 Å². The summed E-state index contributed by atoms with van der Waals surface area (Å²) in [5.74, 6) is -0.683. The first-order valence-corrected chi connectivity index (χ1v) is 8.83. The van der Waals surface area contributed by atoms with Crippen molar-refractivity contribution in [3.8, 4) is 0 Å². The second-order valence-corrected chi connectivity index (χ2v) is 6.22. The van der Waals surface area contributed by atoms with Gasteiger partial charge in [-0.2, -0.15) is 0 Å². The van der Waals surface area contributed by atoms with Crippen molar-refractivity contribution in [2.45, 2.75) is 6.92 Å². The van der Waals surface area contributed by atoms with Crippen LogP contribution in [-0.4, -0.2) is 16.9 Å². The van der Waals surface area contributed by atoms with Crippen LogP contribution in [0.3, 0.4) is 0 Å². The van der Waals surface area contributed by atoms with E-state index in [1.54, 1.807) is 42.7 Å². The summed E-state index contributed by atoms with van der Waals surface area (Å²) in [6, 6.07) is 13.8. The largest absolute Gasteiger partial charge is 0.323 e. The van der Waals surface area contributed by atoms with Gasteiger partial charge in [0.15, 0.2) is 0 Å². The average Bonchev–Trinajstić information content (AvgIpc) is 2.71. The van der Waals surface area contributed by atoms with Crippen LogP contribution in [0, 0.1) is 12.7 Å². The highest BCUT2D eigenvalue weighted by Crippen LogP contribution is 2.21. The Morgan fingerprint density at radius 2 is 1.69 bits per heavy atom. The fourth-order valence-corrected chi connectivity index (χ4v) is 2.48. The predicted molar refractivity (Wildman–Crippen MR) is 112 cm³/mol. The SMILES string of the molecule is Cc1ccc(NC(=O)Nc2ccc(F)cc2)cc1NC(=O)/C=C/c1cccnc1. The van der Waals surface area contributed by atoms with E-state index in [0.717, 1.165) is 11.1 Å². The lowest BCUT2D eigenvalue weighted by molar-refractivity contribution is -0.111. The van der Waals surface area contributed by atoms with Crippen LogP contribution in [0.2, 0.25) is 0 Å². The molecule has 0 aliphatic rings. The molecule has 6 nitrogen and oxygen atoms in total. The maximum atomic E-state index is 12.9. The van der Waals surface area contributed by atoms with Crippen molar-refractivity contribution in [2.24, 2.45) is 0 Å². The van der Waals surface area contributed by atoms with E-state index >= 15 is 0 Å². The molecule has 0 aliphatic heterocycles. The Bertz CT molecular complexity index is 1030. The van der Waals surface area contributed by atoms with Crippen LogP contribution in [-0.2, 0) is 4.79 Å². The van der Waals surface area contributed by atoms with Crippen LogP contribution in [0.5, 0.6) is 0 Å². The topological polar surface area (TPSA) is 83.1 Å². The summed E-state index contributed by atoms with van der Waals surface area (Å²) in [6.45, 7) is 1.85. The number of carbonyl (C=O) groups excluding carboxylic acids is 2. The first kappa shape index (κ1) is 19.8. The number of amides is 3. The van der Waals surface area contributed by atoms with Gasteiger partial charge in [-0.25, -0.2) is 9.18 Å². The van der Waals surface area contributed by atoms with Gasteiger partial charge < -0.3 is 16.0 Å². The third-order valence-corrected chi connectivity index (χ3v) is 3.97. The summed E-state index contributed by atoms with van der Waals surface area (Å²) in [4.78, 5) is 28.3. The van der Waals surface area contributed by atoms with Gasteiger partial charge in [0.1, 0.15) is 5.82 Å². The third-order valence-electron chi connectivity index (χ3n) is 3.97. The monoisotopic (exact) mass is 390 g/mol. The number of aromatic nitrogens is 1. The second kappa shape index (κ2) is 9.27. The van der Waals surface area contributed by atoms with E-state index in [1.165, 1.54) is 30.3 Å². The molecule has 1 aromatic heterocycles. The van der Waals surface area contributed by atoms with Crippen LogP contribution in [0.1, 0.15) is 11.1 Å². The number of aryl methyl sites for hydroxylation is 1. The van der Waals surface area contributed by atoms with E-state index in [1.807, 2.05) is 13.0 Å². The molecule has 0 spiro atoms. The van der Waals surface area contributed by atoms with Crippen molar-refractivity contribution in [3.63, 3.8) is 0 Å². The Kier molecular flexibility index (Phi) is 6.32. The van der Waals surface area contributed by atoms with Crippen LogP contribution in [0.4, 0.5) is 26.2 Å². The number of nitrogens with one attached hydrogen (secondary N) is 3. The maximum absolute atomic E-state index is 12.9. The van der Waals surface area contributed by atoms with Crippen LogP contribution < -0.4 is 16.0 Å². The number of benzene rings is 2. The standard InChI is InChI=1S/C22H19FN4O2/c1-15-4-8-19(26-22(29)25-18-9-6-17(23)7-10-18)13-20(15)27-21(28)11-5-16-3-2-12-24-14-16/h2-14H,1H3,(H,27,28)(H2,25,26,29)/b11-5+. The number of anilines is 3. The highest BCUT2D eigenvalue weighted by atomic mass is 19.1. The molecule has 146 valence electrons. The molecule has 29 heavy (non-hydrogen) atoms. The van der Waals surface area contributed by atoms with Gasteiger partial charge in [-0.1, -0.05) is 12.1 Å². The minimum Gasteiger partial charge on any atom is -0.322 e. The summed E-state index contributed by atoms with van der Waals surface area (Å²) in [5.41, 5.74) is 3.20. The number of hydrogen-bond acceptors (Lipinski definition) is 3. The van der Waals surface area contributed by atoms with Crippen molar-refractivity contribution in [1.29, 1.82) is 0 Å². The zero-order valence-corrected chi connectivity index (χ0v) is 15.6. The number of halogens is 1. The number of urea groups is 1. The van der Waals surface area contributed by atoms with Crippen molar-refractivity contribution in [3.05, 3.63) is 90.0 Å². The lowest BCUT2D eigenvalue weighted by Crippen LogP contribution is -2.19. The zero-order valence-electron chi connectivity index (χ0n) is 15.6. The Labute approximate surface area is 167 Å². The molecule has 2 aromatic carbocycles. The average molecular weight is 390 g/mol. The number of rotatable bonds is 5. The first-order chi connectivity index (χ1) is 14.0. The molecule has 0 atom stereocenters. The number of nitrogens with zero attached hydrogens (tertiary/aromatic N) is 1. The van der Waals surface area contributed by atoms with Crippen LogP contribution in [0.25, 0.3) is 6.08 Å². The molecule has 0 saturated carbocycles. The molecular formula is C22H19FN4O2. The van der Waals surface area contributed by atoms with Crippen molar-refractivity contribution >= 4 is 35.1 Å². The lowest BCUT2D eigenvalue weighted by atomic mass is 10.1. The maximum Gasteiger partial charge on any atom is 0.323 e. The Morgan fingerprint density at radius 3 is 2.41 bits per heavy atom. The van der Waals surface area contributed by atoms with Crippen LogP contribution >= 0.6 is 0 Å². The highest BCUT2D eigenvalue weighted by Gasteiger charge is 2.07. The summed E-state index contributed by atoms with van der Waals surface area (Å²) in [5, 5.41) is 8.08. The van der Waals surface area contributed by atoms with Gasteiger partial charge in [-0.05, 0) is 66.6 Å². The molecule has 0 radical (unpaired) electrons. The lowest BCUT2D eigenvalue weighted by Gasteiger charge is -2.11. The van der Waals surface area contributed by atoms with E-state index in [-0.39, 0.29) is 11.7 Å². The van der Waals surface area contributed by atoms with E-state index in [2.05, 4.69) is 20.9 Å². The molecule has 0 unspecified atom stereocenters. The molecule has 0 bridgehead atoms. The number of pyridine rings is 1. The highest BCUT2D eigenvalue weighted by molar-refractivity contribution is 6.03. The molecule has 0 aliphatic carbocycles. The van der Waals surface area contributed by atoms with E-state index in [0.29, 0.717) is 17.1 Å². The van der Waals surface area contributed by atoms with Gasteiger partial charge in [0.2, 0.25) is 5.91 Å². The van der Waals surface area contributed by atoms with Gasteiger partial charge in [-0.15, -0.1) is 0 Å². The fourth-order valence-electron chi connectivity index (χ4n) is 2.48. The Morgan fingerprint density at radius 1 is 0.966 bits per heavy atom. The summed E-state index contributed by atoms with van der Waals surface area (Å²) in [6.07, 6.45) is 6.39. The Balaban J connectivity index is 1.63. The number of carbonyl (C=O) groups is 2. The Hall–Kier alpha value is -4.00. The van der Waals surface area contributed by atoms with Gasteiger partial charge in [0.05, 0.1) is 0 Å². The summed E-state index contributed by atoms with van der Waals surface area (Å²) >= 11 is 0. The molecule has 3 amide bonds. The van der Waals surface area contributed by atoms with Gasteiger partial charge in [0, 0.05) is 35.5 Å². The molecule has 1 heterocycles. The third kappa shape index (κ3) is 6.00. The van der Waals surface area contributed by atoms with E-state index < -0.39 is 6.03 Å². The molecule has 7 heteroatoms. The van der Waals surface area contributed by atoms with E-state index in [9.17, 15) is 14.0 Å². The summed E-state index contributed by atoms with van der Waals surface area (Å²) in [7, 11) is 0. The normalized spacial score (nSPS) is 10.6.